The van der Waals surface area contributed by atoms with Gasteiger partial charge in [-0.2, -0.15) is 0 Å². The molecule has 0 atom stereocenters. The van der Waals surface area contributed by atoms with Crippen LogP contribution in [-0.2, 0) is 13.0 Å². The van der Waals surface area contributed by atoms with Crippen molar-refractivity contribution in [1.82, 2.24) is 14.5 Å². The van der Waals surface area contributed by atoms with Gasteiger partial charge in [0.15, 0.2) is 12.1 Å². The Labute approximate surface area is 91.6 Å². The van der Waals surface area contributed by atoms with Crippen LogP contribution in [0.25, 0.3) is 0 Å². The van der Waals surface area contributed by atoms with Crippen LogP contribution in [0.5, 0.6) is 0 Å². The Bertz CT molecular complexity index is 461. The number of aryl methyl sites for hydroxylation is 1. The lowest BCUT2D eigenvalue weighted by Crippen LogP contribution is -2.03. The predicted octanol–water partition coefficient (Wildman–Crippen LogP) is 1.76. The standard InChI is InChI=1S/C10H11N3OS/c1-2-10-12-8(7-15-10)5-13-4-3-11-9(13)6-14/h3-4,6-7H,2,5H2,1H3. The quantitative estimate of drug-likeness (QED) is 0.739. The van der Waals surface area contributed by atoms with Gasteiger partial charge < -0.3 is 4.57 Å². The van der Waals surface area contributed by atoms with Crippen LogP contribution in [0.15, 0.2) is 17.8 Å². The Kier molecular flexibility index (Phi) is 2.91. The number of hydrogen-bond donors (Lipinski definition) is 0. The average molecular weight is 221 g/mol. The molecule has 0 unspecified atom stereocenters. The molecule has 0 aliphatic rings. The molecule has 0 aromatic carbocycles. The van der Waals surface area contributed by atoms with Gasteiger partial charge in [-0.1, -0.05) is 6.92 Å². The molecule has 2 aromatic heterocycles. The van der Waals surface area contributed by atoms with E-state index in [1.165, 1.54) is 0 Å². The zero-order chi connectivity index (χ0) is 10.7. The monoisotopic (exact) mass is 221 g/mol. The van der Waals surface area contributed by atoms with Gasteiger partial charge in [0.25, 0.3) is 0 Å². The molecule has 4 nitrogen and oxygen atoms in total. The minimum atomic E-state index is 0.445. The Hall–Kier alpha value is -1.49. The van der Waals surface area contributed by atoms with Crippen LogP contribution in [0.4, 0.5) is 0 Å². The van der Waals surface area contributed by atoms with Gasteiger partial charge in [-0.25, -0.2) is 9.97 Å². The van der Waals surface area contributed by atoms with Crippen LogP contribution >= 0.6 is 11.3 Å². The number of carbonyl (C=O) groups excluding carboxylic acids is 1. The van der Waals surface area contributed by atoms with Gasteiger partial charge in [0.1, 0.15) is 0 Å². The molecule has 2 heterocycles. The molecule has 15 heavy (non-hydrogen) atoms. The highest BCUT2D eigenvalue weighted by Crippen LogP contribution is 2.11. The van der Waals surface area contributed by atoms with Gasteiger partial charge in [-0.15, -0.1) is 11.3 Å². The Morgan fingerprint density at radius 2 is 2.47 bits per heavy atom. The fraction of sp³-hybridized carbons (Fsp3) is 0.300. The van der Waals surface area contributed by atoms with Crippen LogP contribution in [0.1, 0.15) is 28.2 Å². The number of nitrogens with zero attached hydrogens (tertiary/aromatic N) is 3. The van der Waals surface area contributed by atoms with Gasteiger partial charge in [0.2, 0.25) is 0 Å². The van der Waals surface area contributed by atoms with Crippen molar-refractivity contribution in [3.63, 3.8) is 0 Å². The maximum absolute atomic E-state index is 10.6. The number of rotatable bonds is 4. The molecule has 0 amide bonds. The number of aromatic nitrogens is 3. The summed E-state index contributed by atoms with van der Waals surface area (Å²) >= 11 is 1.65. The third-order valence-electron chi connectivity index (χ3n) is 2.09. The molecular formula is C10H11N3OS. The normalized spacial score (nSPS) is 10.5. The summed E-state index contributed by atoms with van der Waals surface area (Å²) in [6, 6.07) is 0. The Morgan fingerprint density at radius 3 is 3.13 bits per heavy atom. The molecule has 0 radical (unpaired) electrons. The highest BCUT2D eigenvalue weighted by Gasteiger charge is 2.04. The first-order valence-electron chi connectivity index (χ1n) is 4.73. The molecule has 0 spiro atoms. The number of carbonyl (C=O) groups is 1. The summed E-state index contributed by atoms with van der Waals surface area (Å²) in [6.07, 6.45) is 5.12. The molecule has 78 valence electrons. The third kappa shape index (κ3) is 2.12. The van der Waals surface area contributed by atoms with Crippen LogP contribution < -0.4 is 0 Å². The maximum atomic E-state index is 10.6. The van der Waals surface area contributed by atoms with E-state index in [1.54, 1.807) is 28.3 Å². The zero-order valence-corrected chi connectivity index (χ0v) is 9.20. The zero-order valence-electron chi connectivity index (χ0n) is 8.38. The second-order valence-corrected chi connectivity index (χ2v) is 4.06. The van der Waals surface area contributed by atoms with Crippen LogP contribution in [-0.4, -0.2) is 20.8 Å². The van der Waals surface area contributed by atoms with E-state index >= 15 is 0 Å². The minimum Gasteiger partial charge on any atom is -0.323 e. The summed E-state index contributed by atoms with van der Waals surface area (Å²) in [5, 5.41) is 3.14. The first-order valence-corrected chi connectivity index (χ1v) is 5.61. The average Bonchev–Trinajstić information content (AvgIpc) is 2.87. The topological polar surface area (TPSA) is 47.8 Å². The Balaban J connectivity index is 2.17. The summed E-state index contributed by atoms with van der Waals surface area (Å²) in [7, 11) is 0. The highest BCUT2D eigenvalue weighted by molar-refractivity contribution is 7.09. The van der Waals surface area contributed by atoms with Gasteiger partial charge >= 0.3 is 0 Å². The second-order valence-electron chi connectivity index (χ2n) is 3.12. The van der Waals surface area contributed by atoms with Gasteiger partial charge in [0.05, 0.1) is 17.2 Å². The largest absolute Gasteiger partial charge is 0.323 e. The van der Waals surface area contributed by atoms with E-state index in [2.05, 4.69) is 16.9 Å². The summed E-state index contributed by atoms with van der Waals surface area (Å²) in [6.45, 7) is 2.70. The molecule has 0 saturated carbocycles. The third-order valence-corrected chi connectivity index (χ3v) is 3.13. The van der Waals surface area contributed by atoms with Crippen molar-refractivity contribution < 1.29 is 4.79 Å². The van der Waals surface area contributed by atoms with Crippen molar-refractivity contribution >= 4 is 17.6 Å². The van der Waals surface area contributed by atoms with E-state index in [-0.39, 0.29) is 0 Å². The van der Waals surface area contributed by atoms with Crippen LogP contribution in [0.2, 0.25) is 0 Å². The van der Waals surface area contributed by atoms with E-state index in [0.29, 0.717) is 12.4 Å². The first kappa shape index (κ1) is 10.0. The van der Waals surface area contributed by atoms with E-state index in [0.717, 1.165) is 23.4 Å². The molecule has 2 rings (SSSR count). The molecule has 0 fully saturated rings. The van der Waals surface area contributed by atoms with E-state index < -0.39 is 0 Å². The molecular weight excluding hydrogens is 210 g/mol. The van der Waals surface area contributed by atoms with Crippen molar-refractivity contribution in [3.8, 4) is 0 Å². The van der Waals surface area contributed by atoms with Crippen LogP contribution in [0, 0.1) is 0 Å². The molecule has 2 aromatic rings. The first-order chi connectivity index (χ1) is 7.33. The summed E-state index contributed by atoms with van der Waals surface area (Å²) in [4.78, 5) is 19.0. The summed E-state index contributed by atoms with van der Waals surface area (Å²) in [5.41, 5.74) is 0.984. The van der Waals surface area contributed by atoms with E-state index in [4.69, 9.17) is 0 Å². The SMILES string of the molecule is CCc1nc(Cn2ccnc2C=O)cs1. The highest BCUT2D eigenvalue weighted by atomic mass is 32.1. The molecule has 0 bridgehead atoms. The summed E-state index contributed by atoms with van der Waals surface area (Å²) < 4.78 is 1.79. The molecule has 0 saturated heterocycles. The smallest absolute Gasteiger partial charge is 0.185 e. The number of hydrogen-bond acceptors (Lipinski definition) is 4. The number of thiazole rings is 1. The van der Waals surface area contributed by atoms with Gasteiger partial charge in [-0.05, 0) is 6.42 Å². The molecule has 0 aliphatic heterocycles. The van der Waals surface area contributed by atoms with Gasteiger partial charge in [0, 0.05) is 17.8 Å². The van der Waals surface area contributed by atoms with Crippen molar-refractivity contribution in [2.45, 2.75) is 19.9 Å². The van der Waals surface area contributed by atoms with Crippen molar-refractivity contribution in [2.75, 3.05) is 0 Å². The number of imidazole rings is 1. The lowest BCUT2D eigenvalue weighted by Gasteiger charge is -1.99. The lowest BCUT2D eigenvalue weighted by molar-refractivity contribution is 0.111. The van der Waals surface area contributed by atoms with E-state index in [9.17, 15) is 4.79 Å². The van der Waals surface area contributed by atoms with Crippen LogP contribution in [0.3, 0.4) is 0 Å². The number of aldehydes is 1. The van der Waals surface area contributed by atoms with Crippen molar-refractivity contribution in [3.05, 3.63) is 34.3 Å². The Morgan fingerprint density at radius 1 is 1.60 bits per heavy atom. The summed E-state index contributed by atoms with van der Waals surface area (Å²) in [5.74, 6) is 0.445. The minimum absolute atomic E-state index is 0.445. The van der Waals surface area contributed by atoms with Crippen molar-refractivity contribution in [2.24, 2.45) is 0 Å². The van der Waals surface area contributed by atoms with E-state index in [1.807, 2.05) is 5.38 Å². The predicted molar refractivity (Wildman–Crippen MR) is 58.2 cm³/mol. The fourth-order valence-corrected chi connectivity index (χ4v) is 2.07. The lowest BCUT2D eigenvalue weighted by atomic mass is 10.4. The fourth-order valence-electron chi connectivity index (χ4n) is 1.33. The molecule has 5 heteroatoms. The second kappa shape index (κ2) is 4.35. The maximum Gasteiger partial charge on any atom is 0.185 e. The van der Waals surface area contributed by atoms with Crippen molar-refractivity contribution in [1.29, 1.82) is 0 Å². The van der Waals surface area contributed by atoms with Gasteiger partial charge in [-0.3, -0.25) is 4.79 Å². The molecule has 0 aliphatic carbocycles. The molecule has 0 N–H and O–H groups in total.